The molecule has 8 nitrogen and oxygen atoms in total. The molecule has 1 amide bonds. The smallest absolute Gasteiger partial charge is 0.326 e. The Morgan fingerprint density at radius 1 is 1.29 bits per heavy atom. The van der Waals surface area contributed by atoms with Crippen molar-refractivity contribution in [1.82, 2.24) is 29.5 Å². The largest absolute Gasteiger partial charge is 0.341 e. The van der Waals surface area contributed by atoms with Gasteiger partial charge in [-0.2, -0.15) is 5.10 Å². The number of aryl methyl sites for hydroxylation is 1. The SMILES string of the molecule is CNC(C(=O)N1CCC(n2c(=O)[nH]c3ccccc32)CC1)c1cnn(C)c1.Cl. The summed E-state index contributed by atoms with van der Waals surface area (Å²) in [6.07, 6.45) is 5.10. The number of piperidine rings is 1. The molecule has 2 N–H and O–H groups in total. The number of carbonyl (C=O) groups is 1. The number of benzene rings is 1. The number of rotatable bonds is 4. The lowest BCUT2D eigenvalue weighted by atomic mass is 10.0. The standard InChI is InChI=1S/C19H24N6O2.ClH/c1-20-17(13-11-21-23(2)12-13)18(26)24-9-7-14(8-10-24)25-16-6-4-3-5-15(16)22-19(25)27;/h3-6,11-12,14,17,20H,7-10H2,1-2H3,(H,22,27);1H. The summed E-state index contributed by atoms with van der Waals surface area (Å²) in [5.74, 6) is 0.0511. The molecule has 1 aliphatic heterocycles. The number of halogens is 1. The summed E-state index contributed by atoms with van der Waals surface area (Å²) in [6, 6.07) is 7.44. The van der Waals surface area contributed by atoms with Crippen molar-refractivity contribution < 1.29 is 4.79 Å². The Morgan fingerprint density at radius 3 is 2.64 bits per heavy atom. The number of likely N-dealkylation sites (tertiary alicyclic amines) is 1. The molecule has 1 saturated heterocycles. The van der Waals surface area contributed by atoms with Gasteiger partial charge >= 0.3 is 5.69 Å². The maximum absolute atomic E-state index is 13.0. The first kappa shape index (κ1) is 20.2. The van der Waals surface area contributed by atoms with Gasteiger partial charge in [-0.25, -0.2) is 4.79 Å². The molecule has 1 atom stereocenters. The van der Waals surface area contributed by atoms with E-state index < -0.39 is 6.04 Å². The Balaban J connectivity index is 0.00000225. The second-order valence-corrected chi connectivity index (χ2v) is 7.04. The monoisotopic (exact) mass is 404 g/mol. The number of carbonyl (C=O) groups excluding carboxylic acids is 1. The van der Waals surface area contributed by atoms with Crippen LogP contribution in [-0.2, 0) is 11.8 Å². The number of likely N-dealkylation sites (N-methyl/N-ethyl adjacent to an activating group) is 1. The topological polar surface area (TPSA) is 87.9 Å². The Hall–Kier alpha value is -2.58. The number of nitrogens with zero attached hydrogens (tertiary/aromatic N) is 4. The molecule has 2 aromatic heterocycles. The van der Waals surface area contributed by atoms with Crippen molar-refractivity contribution in [3.8, 4) is 0 Å². The van der Waals surface area contributed by atoms with Gasteiger partial charge in [-0.05, 0) is 32.0 Å². The molecule has 0 spiro atoms. The first-order chi connectivity index (χ1) is 13.1. The minimum Gasteiger partial charge on any atom is -0.341 e. The quantitative estimate of drug-likeness (QED) is 0.691. The van der Waals surface area contributed by atoms with Crippen LogP contribution >= 0.6 is 12.4 Å². The second-order valence-electron chi connectivity index (χ2n) is 7.04. The van der Waals surface area contributed by atoms with Gasteiger partial charge in [-0.3, -0.25) is 14.0 Å². The summed E-state index contributed by atoms with van der Waals surface area (Å²) in [6.45, 7) is 1.27. The zero-order valence-electron chi connectivity index (χ0n) is 16.0. The molecular weight excluding hydrogens is 380 g/mol. The summed E-state index contributed by atoms with van der Waals surface area (Å²) < 4.78 is 3.54. The normalized spacial score (nSPS) is 16.1. The zero-order valence-corrected chi connectivity index (χ0v) is 16.8. The van der Waals surface area contributed by atoms with Gasteiger partial charge in [0.25, 0.3) is 0 Å². The van der Waals surface area contributed by atoms with Crippen molar-refractivity contribution in [3.63, 3.8) is 0 Å². The molecule has 0 aliphatic carbocycles. The van der Waals surface area contributed by atoms with Crippen LogP contribution in [-0.4, -0.2) is 50.3 Å². The van der Waals surface area contributed by atoms with Gasteiger partial charge in [0.1, 0.15) is 6.04 Å². The van der Waals surface area contributed by atoms with Crippen LogP contribution in [0.4, 0.5) is 0 Å². The average molecular weight is 405 g/mol. The highest BCUT2D eigenvalue weighted by molar-refractivity contribution is 5.85. The predicted octanol–water partition coefficient (Wildman–Crippen LogP) is 1.61. The van der Waals surface area contributed by atoms with Crippen molar-refractivity contribution in [2.75, 3.05) is 20.1 Å². The van der Waals surface area contributed by atoms with Gasteiger partial charge in [0.15, 0.2) is 0 Å². The average Bonchev–Trinajstić information content (AvgIpc) is 3.25. The van der Waals surface area contributed by atoms with Gasteiger partial charge in [0.05, 0.1) is 17.2 Å². The molecule has 3 heterocycles. The number of hydrogen-bond donors (Lipinski definition) is 2. The van der Waals surface area contributed by atoms with Crippen LogP contribution in [0.25, 0.3) is 11.0 Å². The summed E-state index contributed by atoms with van der Waals surface area (Å²) in [4.78, 5) is 30.2. The molecule has 0 saturated carbocycles. The van der Waals surface area contributed by atoms with Crippen molar-refractivity contribution in [1.29, 1.82) is 0 Å². The van der Waals surface area contributed by atoms with E-state index in [9.17, 15) is 9.59 Å². The van der Waals surface area contributed by atoms with E-state index in [-0.39, 0.29) is 30.0 Å². The number of hydrogen-bond acceptors (Lipinski definition) is 4. The number of H-pyrrole nitrogens is 1. The van der Waals surface area contributed by atoms with Crippen molar-refractivity contribution in [3.05, 3.63) is 52.7 Å². The highest BCUT2D eigenvalue weighted by Gasteiger charge is 2.30. The van der Waals surface area contributed by atoms with E-state index in [2.05, 4.69) is 15.4 Å². The maximum Gasteiger partial charge on any atom is 0.326 e. The number of aromatic nitrogens is 4. The third kappa shape index (κ3) is 3.57. The van der Waals surface area contributed by atoms with E-state index in [1.165, 1.54) is 0 Å². The fourth-order valence-corrected chi connectivity index (χ4v) is 3.99. The molecule has 150 valence electrons. The number of amides is 1. The number of imidazole rings is 1. The van der Waals surface area contributed by atoms with E-state index in [1.807, 2.05) is 47.0 Å². The van der Waals surface area contributed by atoms with Crippen molar-refractivity contribution >= 4 is 29.3 Å². The predicted molar refractivity (Wildman–Crippen MR) is 110 cm³/mol. The van der Waals surface area contributed by atoms with Crippen LogP contribution in [0, 0.1) is 0 Å². The van der Waals surface area contributed by atoms with Crippen molar-refractivity contribution in [2.24, 2.45) is 7.05 Å². The first-order valence-corrected chi connectivity index (χ1v) is 9.22. The lowest BCUT2D eigenvalue weighted by Gasteiger charge is -2.34. The molecule has 1 aromatic carbocycles. The first-order valence-electron chi connectivity index (χ1n) is 9.22. The Morgan fingerprint density at radius 2 is 2.00 bits per heavy atom. The molecule has 3 aromatic rings. The molecule has 0 bridgehead atoms. The molecule has 28 heavy (non-hydrogen) atoms. The van der Waals surface area contributed by atoms with Gasteiger partial charge < -0.3 is 15.2 Å². The molecule has 1 fully saturated rings. The minimum absolute atomic E-state index is 0. The fourth-order valence-electron chi connectivity index (χ4n) is 3.99. The number of fused-ring (bicyclic) bond motifs is 1. The van der Waals surface area contributed by atoms with Crippen LogP contribution < -0.4 is 11.0 Å². The number of para-hydroxylation sites is 2. The summed E-state index contributed by atoms with van der Waals surface area (Å²) in [5, 5.41) is 7.26. The van der Waals surface area contributed by atoms with Crippen LogP contribution in [0.15, 0.2) is 41.5 Å². The van der Waals surface area contributed by atoms with E-state index in [0.717, 1.165) is 29.4 Å². The summed E-state index contributed by atoms with van der Waals surface area (Å²) >= 11 is 0. The van der Waals surface area contributed by atoms with E-state index in [0.29, 0.717) is 13.1 Å². The molecule has 4 rings (SSSR count). The maximum atomic E-state index is 13.0. The molecule has 0 radical (unpaired) electrons. The van der Waals surface area contributed by atoms with Gasteiger partial charge in [0, 0.05) is 37.9 Å². The summed E-state index contributed by atoms with van der Waals surface area (Å²) in [7, 11) is 3.62. The fraction of sp³-hybridized carbons (Fsp3) is 0.421. The van der Waals surface area contributed by atoms with Gasteiger partial charge in [-0.1, -0.05) is 12.1 Å². The molecule has 9 heteroatoms. The highest BCUT2D eigenvalue weighted by Crippen LogP contribution is 2.26. The minimum atomic E-state index is -0.397. The lowest BCUT2D eigenvalue weighted by Crippen LogP contribution is -2.45. The van der Waals surface area contributed by atoms with Crippen LogP contribution in [0.3, 0.4) is 0 Å². The van der Waals surface area contributed by atoms with Gasteiger partial charge in [-0.15, -0.1) is 12.4 Å². The third-order valence-corrected chi connectivity index (χ3v) is 5.36. The van der Waals surface area contributed by atoms with Gasteiger partial charge in [0.2, 0.25) is 5.91 Å². The number of aromatic amines is 1. The van der Waals surface area contributed by atoms with Crippen molar-refractivity contribution in [2.45, 2.75) is 24.9 Å². The van der Waals surface area contributed by atoms with Crippen LogP contribution in [0.5, 0.6) is 0 Å². The van der Waals surface area contributed by atoms with Crippen LogP contribution in [0.1, 0.15) is 30.5 Å². The second kappa shape index (κ2) is 8.20. The molecule has 1 aliphatic rings. The van der Waals surface area contributed by atoms with E-state index in [1.54, 1.807) is 17.9 Å². The molecular formula is C19H25ClN6O2. The third-order valence-electron chi connectivity index (χ3n) is 5.36. The summed E-state index contributed by atoms with van der Waals surface area (Å²) in [5.41, 5.74) is 2.56. The molecule has 1 unspecified atom stereocenters. The zero-order chi connectivity index (χ0) is 19.0. The van der Waals surface area contributed by atoms with E-state index >= 15 is 0 Å². The van der Waals surface area contributed by atoms with E-state index in [4.69, 9.17) is 0 Å². The Kier molecular flexibility index (Phi) is 5.90. The van der Waals surface area contributed by atoms with Crippen LogP contribution in [0.2, 0.25) is 0 Å². The Bertz CT molecular complexity index is 1010. The lowest BCUT2D eigenvalue weighted by molar-refractivity contribution is -0.134. The Labute approximate surface area is 168 Å². The highest BCUT2D eigenvalue weighted by atomic mass is 35.5. The number of nitrogens with one attached hydrogen (secondary N) is 2.